The van der Waals surface area contributed by atoms with Crippen LogP contribution in [-0.4, -0.2) is 30.0 Å². The second-order valence-corrected chi connectivity index (χ2v) is 4.75. The van der Waals surface area contributed by atoms with Gasteiger partial charge in [-0.3, -0.25) is 9.59 Å². The van der Waals surface area contributed by atoms with Gasteiger partial charge in [0.15, 0.2) is 12.4 Å². The standard InChI is InChI=1S/C16H14N4O4/c1-10(19)13(8-18)14(21)9-24-16(23)11-2-4-12(5-3-11)20-15(22)6-7-17/h2-5,13,19H,6,9H2,1H3,(H,20,22). The lowest BCUT2D eigenvalue weighted by molar-refractivity contribution is -0.122. The number of anilines is 1. The first-order valence-electron chi connectivity index (χ1n) is 6.80. The van der Waals surface area contributed by atoms with Gasteiger partial charge in [-0.1, -0.05) is 0 Å². The van der Waals surface area contributed by atoms with Crippen LogP contribution in [0.15, 0.2) is 24.3 Å². The van der Waals surface area contributed by atoms with Crippen LogP contribution in [0, 0.1) is 34.0 Å². The first kappa shape index (κ1) is 18.5. The third-order valence-corrected chi connectivity index (χ3v) is 2.87. The molecule has 0 radical (unpaired) electrons. The van der Waals surface area contributed by atoms with E-state index < -0.39 is 30.2 Å². The Balaban J connectivity index is 2.62. The number of carbonyl (C=O) groups is 3. The highest BCUT2D eigenvalue weighted by atomic mass is 16.5. The number of nitriles is 2. The summed E-state index contributed by atoms with van der Waals surface area (Å²) in [5, 5.41) is 26.9. The number of ether oxygens (including phenoxy) is 1. The Hall–Kier alpha value is -3.52. The molecule has 0 aliphatic carbocycles. The van der Waals surface area contributed by atoms with Crippen molar-refractivity contribution in [2.75, 3.05) is 11.9 Å². The molecule has 8 nitrogen and oxygen atoms in total. The van der Waals surface area contributed by atoms with Gasteiger partial charge in [-0.2, -0.15) is 10.5 Å². The van der Waals surface area contributed by atoms with E-state index in [4.69, 9.17) is 20.7 Å². The first-order valence-corrected chi connectivity index (χ1v) is 6.80. The quantitative estimate of drug-likeness (QED) is 0.573. The molecule has 0 fully saturated rings. The summed E-state index contributed by atoms with van der Waals surface area (Å²) in [5.41, 5.74) is 0.448. The number of benzene rings is 1. The molecule has 1 aromatic rings. The van der Waals surface area contributed by atoms with Gasteiger partial charge in [0.1, 0.15) is 12.3 Å². The van der Waals surface area contributed by atoms with Crippen LogP contribution in [0.5, 0.6) is 0 Å². The molecule has 8 heteroatoms. The highest BCUT2D eigenvalue weighted by Gasteiger charge is 2.21. The largest absolute Gasteiger partial charge is 0.454 e. The highest BCUT2D eigenvalue weighted by Crippen LogP contribution is 2.11. The van der Waals surface area contributed by atoms with Crippen molar-refractivity contribution in [1.29, 1.82) is 15.9 Å². The first-order chi connectivity index (χ1) is 11.4. The van der Waals surface area contributed by atoms with Gasteiger partial charge >= 0.3 is 5.97 Å². The van der Waals surface area contributed by atoms with Crippen LogP contribution >= 0.6 is 0 Å². The van der Waals surface area contributed by atoms with Gasteiger partial charge in [0.2, 0.25) is 5.91 Å². The van der Waals surface area contributed by atoms with Crippen molar-refractivity contribution in [3.8, 4) is 12.1 Å². The van der Waals surface area contributed by atoms with E-state index in [-0.39, 0.29) is 17.7 Å². The highest BCUT2D eigenvalue weighted by molar-refractivity contribution is 6.06. The molecule has 1 aromatic carbocycles. The molecule has 2 N–H and O–H groups in total. The van der Waals surface area contributed by atoms with E-state index in [0.717, 1.165) is 0 Å². The van der Waals surface area contributed by atoms with Gasteiger partial charge in [-0.05, 0) is 31.2 Å². The van der Waals surface area contributed by atoms with Crippen molar-refractivity contribution >= 4 is 29.1 Å². The number of nitrogens with zero attached hydrogens (tertiary/aromatic N) is 2. The molecule has 1 amide bonds. The van der Waals surface area contributed by atoms with Crippen LogP contribution in [0.2, 0.25) is 0 Å². The average Bonchev–Trinajstić information content (AvgIpc) is 2.53. The minimum atomic E-state index is -1.23. The maximum atomic E-state index is 11.8. The number of hydrogen-bond acceptors (Lipinski definition) is 7. The van der Waals surface area contributed by atoms with Crippen LogP contribution in [0.25, 0.3) is 0 Å². The number of amides is 1. The number of nitrogens with one attached hydrogen (secondary N) is 2. The SMILES string of the molecule is CC(=N)C(C#N)C(=O)COC(=O)c1ccc(NC(=O)CC#N)cc1. The monoisotopic (exact) mass is 326 g/mol. The molecule has 0 aromatic heterocycles. The fraction of sp³-hybridized carbons (Fsp3) is 0.250. The molecule has 1 unspecified atom stereocenters. The summed E-state index contributed by atoms with van der Waals surface area (Å²) >= 11 is 0. The van der Waals surface area contributed by atoms with Crippen molar-refractivity contribution in [2.45, 2.75) is 13.3 Å². The van der Waals surface area contributed by atoms with Gasteiger partial charge in [-0.15, -0.1) is 0 Å². The van der Waals surface area contributed by atoms with E-state index in [1.165, 1.54) is 31.2 Å². The van der Waals surface area contributed by atoms with Gasteiger partial charge in [-0.25, -0.2) is 4.79 Å². The van der Waals surface area contributed by atoms with E-state index in [2.05, 4.69) is 5.32 Å². The van der Waals surface area contributed by atoms with Crippen molar-refractivity contribution in [2.24, 2.45) is 5.92 Å². The molecule has 0 spiro atoms. The Morgan fingerprint density at radius 3 is 2.38 bits per heavy atom. The molecule has 1 atom stereocenters. The number of esters is 1. The molecular weight excluding hydrogens is 312 g/mol. The molecule has 1 rings (SSSR count). The molecule has 0 saturated carbocycles. The number of Topliss-reactive ketones (excluding diaryl/α,β-unsaturated/α-hetero) is 1. The topological polar surface area (TPSA) is 144 Å². The van der Waals surface area contributed by atoms with Gasteiger partial charge in [0.25, 0.3) is 0 Å². The van der Waals surface area contributed by atoms with Gasteiger partial charge < -0.3 is 15.5 Å². The van der Waals surface area contributed by atoms with Crippen molar-refractivity contribution in [3.05, 3.63) is 29.8 Å². The summed E-state index contributed by atoms with van der Waals surface area (Å²) in [5.74, 6) is -3.13. The third kappa shape index (κ3) is 5.35. The van der Waals surface area contributed by atoms with Crippen LogP contribution in [-0.2, 0) is 14.3 Å². The molecule has 24 heavy (non-hydrogen) atoms. The molecule has 0 bridgehead atoms. The smallest absolute Gasteiger partial charge is 0.338 e. The zero-order chi connectivity index (χ0) is 18.1. The van der Waals surface area contributed by atoms with Crippen LogP contribution in [0.1, 0.15) is 23.7 Å². The molecule has 122 valence electrons. The van der Waals surface area contributed by atoms with Crippen molar-refractivity contribution < 1.29 is 19.1 Å². The molecule has 0 aliphatic rings. The Morgan fingerprint density at radius 1 is 1.25 bits per heavy atom. The lowest BCUT2D eigenvalue weighted by atomic mass is 10.0. The second-order valence-electron chi connectivity index (χ2n) is 4.75. The fourth-order valence-electron chi connectivity index (χ4n) is 1.68. The maximum absolute atomic E-state index is 11.8. The minimum absolute atomic E-state index is 0.115. The Labute approximate surface area is 138 Å². The molecular formula is C16H14N4O4. The maximum Gasteiger partial charge on any atom is 0.338 e. The normalized spacial score (nSPS) is 10.6. The summed E-state index contributed by atoms with van der Waals surface area (Å²) in [4.78, 5) is 34.7. The van der Waals surface area contributed by atoms with E-state index >= 15 is 0 Å². The van der Waals surface area contributed by atoms with Gasteiger partial charge in [0, 0.05) is 11.4 Å². The second kappa shape index (κ2) is 8.81. The Morgan fingerprint density at radius 2 is 1.88 bits per heavy atom. The average molecular weight is 326 g/mol. The zero-order valence-electron chi connectivity index (χ0n) is 12.8. The van der Waals surface area contributed by atoms with E-state index in [1.54, 1.807) is 12.1 Å². The zero-order valence-corrected chi connectivity index (χ0v) is 12.8. The number of hydrogen-bond donors (Lipinski definition) is 2. The predicted molar refractivity (Wildman–Crippen MR) is 83.1 cm³/mol. The molecule has 0 saturated heterocycles. The lowest BCUT2D eigenvalue weighted by Crippen LogP contribution is -2.25. The molecule has 0 aliphatic heterocycles. The lowest BCUT2D eigenvalue weighted by Gasteiger charge is -2.08. The predicted octanol–water partition coefficient (Wildman–Crippen LogP) is 1.44. The summed E-state index contributed by atoms with van der Waals surface area (Å²) in [6.45, 7) is 0.723. The number of rotatable bonds is 7. The minimum Gasteiger partial charge on any atom is -0.454 e. The molecule has 0 heterocycles. The van der Waals surface area contributed by atoms with Crippen molar-refractivity contribution in [3.63, 3.8) is 0 Å². The summed E-state index contributed by atoms with van der Waals surface area (Å²) < 4.78 is 4.82. The Kier molecular flexibility index (Phi) is 6.80. The van der Waals surface area contributed by atoms with E-state index in [9.17, 15) is 14.4 Å². The summed E-state index contributed by atoms with van der Waals surface area (Å²) in [6.07, 6.45) is -0.279. The van der Waals surface area contributed by atoms with E-state index in [1.807, 2.05) is 0 Å². The summed E-state index contributed by atoms with van der Waals surface area (Å²) in [7, 11) is 0. The van der Waals surface area contributed by atoms with Gasteiger partial charge in [0.05, 0.1) is 17.7 Å². The Bertz CT molecular complexity index is 741. The summed E-state index contributed by atoms with van der Waals surface area (Å²) in [6, 6.07) is 9.06. The van der Waals surface area contributed by atoms with Crippen molar-refractivity contribution in [1.82, 2.24) is 0 Å². The van der Waals surface area contributed by atoms with Crippen LogP contribution in [0.3, 0.4) is 0 Å². The number of carbonyl (C=O) groups excluding carboxylic acids is 3. The third-order valence-electron chi connectivity index (χ3n) is 2.87. The van der Waals surface area contributed by atoms with Crippen LogP contribution < -0.4 is 5.32 Å². The van der Waals surface area contributed by atoms with Crippen LogP contribution in [0.4, 0.5) is 5.69 Å². The van der Waals surface area contributed by atoms with E-state index in [0.29, 0.717) is 5.69 Å². The fourth-order valence-corrected chi connectivity index (χ4v) is 1.68. The number of ketones is 1.